The third kappa shape index (κ3) is 9.59. The number of benzene rings is 3. The van der Waals surface area contributed by atoms with Gasteiger partial charge in [0.05, 0.1) is 30.0 Å². The van der Waals surface area contributed by atoms with Crippen molar-refractivity contribution in [3.05, 3.63) is 84.4 Å². The minimum atomic E-state index is -0.235. The Hall–Kier alpha value is -1.02. The van der Waals surface area contributed by atoms with E-state index < -0.39 is 0 Å². The van der Waals surface area contributed by atoms with Gasteiger partial charge in [0, 0.05) is 14.2 Å². The summed E-state index contributed by atoms with van der Waals surface area (Å²) in [6, 6.07) is 28.4. The van der Waals surface area contributed by atoms with E-state index in [2.05, 4.69) is 76.7 Å². The molecule has 0 aliphatic rings. The van der Waals surface area contributed by atoms with Gasteiger partial charge in [0.1, 0.15) is 5.91 Å². The van der Waals surface area contributed by atoms with Crippen LogP contribution in [-0.2, 0) is 15.9 Å². The van der Waals surface area contributed by atoms with Crippen LogP contribution in [0, 0.1) is 0 Å². The Morgan fingerprint density at radius 1 is 0.730 bits per heavy atom. The molecule has 4 nitrogen and oxygen atoms in total. The molecule has 37 heavy (non-hydrogen) atoms. The normalized spacial score (nSPS) is 11.5. The van der Waals surface area contributed by atoms with Crippen LogP contribution in [0.15, 0.2) is 87.5 Å². The summed E-state index contributed by atoms with van der Waals surface area (Å²) in [5.41, 5.74) is 3.59. The minimum Gasteiger partial charge on any atom is -0.360 e. The van der Waals surface area contributed by atoms with Crippen LogP contribution in [0.25, 0.3) is 20.4 Å². The second-order valence-corrected chi connectivity index (χ2v) is 18.0. The first-order chi connectivity index (χ1) is 18.2. The van der Waals surface area contributed by atoms with E-state index >= 15 is 0 Å². The number of hydrogen-bond acceptors (Lipinski definition) is 10. The molecule has 5 aromatic rings. The SMILES string of the molecule is COC(OC)[SiH2]CCCc1ccccc1.c1ccc2sc(SSSSc3nc4ccccc4s3)nc2c1. The van der Waals surface area contributed by atoms with Crippen molar-refractivity contribution in [2.24, 2.45) is 0 Å². The Labute approximate surface area is 243 Å². The molecule has 0 saturated heterocycles. The lowest BCUT2D eigenvalue weighted by molar-refractivity contribution is -0.0441. The number of nitrogens with zero attached hydrogens (tertiary/aromatic N) is 2. The lowest BCUT2D eigenvalue weighted by atomic mass is 10.1. The maximum Gasteiger partial charge on any atom is 0.162 e. The van der Waals surface area contributed by atoms with Gasteiger partial charge < -0.3 is 9.47 Å². The number of aryl methyl sites for hydroxylation is 1. The van der Waals surface area contributed by atoms with E-state index in [9.17, 15) is 0 Å². The molecule has 5 rings (SSSR count). The monoisotopic (exact) mass is 620 g/mol. The van der Waals surface area contributed by atoms with E-state index in [0.29, 0.717) is 0 Å². The van der Waals surface area contributed by atoms with Gasteiger partial charge >= 0.3 is 0 Å². The average molecular weight is 621 g/mol. The Kier molecular flexibility index (Phi) is 12.7. The molecule has 0 aliphatic heterocycles. The number of rotatable bonds is 12. The average Bonchev–Trinajstić information content (AvgIpc) is 3.55. The van der Waals surface area contributed by atoms with Crippen molar-refractivity contribution >= 4 is 93.9 Å². The van der Waals surface area contributed by atoms with Gasteiger partial charge in [-0.3, -0.25) is 0 Å². The molecule has 0 atom stereocenters. The van der Waals surface area contributed by atoms with Gasteiger partial charge in [0.2, 0.25) is 0 Å². The van der Waals surface area contributed by atoms with Gasteiger partial charge in [-0.2, -0.15) is 0 Å². The second kappa shape index (κ2) is 16.2. The maximum atomic E-state index is 5.19. The molecule has 0 aliphatic carbocycles. The Morgan fingerprint density at radius 2 is 1.24 bits per heavy atom. The summed E-state index contributed by atoms with van der Waals surface area (Å²) in [6.45, 7) is 0. The van der Waals surface area contributed by atoms with E-state index in [4.69, 9.17) is 9.47 Å². The van der Waals surface area contributed by atoms with Crippen LogP contribution in [-0.4, -0.2) is 39.6 Å². The third-order valence-electron chi connectivity index (χ3n) is 5.31. The van der Waals surface area contributed by atoms with Crippen molar-refractivity contribution in [2.45, 2.75) is 33.5 Å². The van der Waals surface area contributed by atoms with Crippen LogP contribution in [0.1, 0.15) is 12.0 Å². The molecular formula is C26H28N2O2S6Si. The van der Waals surface area contributed by atoms with Crippen molar-refractivity contribution in [3.63, 3.8) is 0 Å². The number of thiazole rings is 2. The van der Waals surface area contributed by atoms with Crippen molar-refractivity contribution < 1.29 is 9.47 Å². The number of hydrogen-bond donors (Lipinski definition) is 0. The highest BCUT2D eigenvalue weighted by atomic mass is 33.7. The molecular weight excluding hydrogens is 593 g/mol. The highest BCUT2D eigenvalue weighted by Gasteiger charge is 2.08. The number of aromatic nitrogens is 2. The summed E-state index contributed by atoms with van der Waals surface area (Å²) >= 11 is 3.49. The van der Waals surface area contributed by atoms with Crippen LogP contribution in [0.5, 0.6) is 0 Å². The zero-order valence-electron chi connectivity index (χ0n) is 20.6. The minimum absolute atomic E-state index is 0.0979. The summed E-state index contributed by atoms with van der Waals surface area (Å²) in [5, 5.41) is 0. The van der Waals surface area contributed by atoms with Crippen LogP contribution in [0.3, 0.4) is 0 Å². The zero-order chi connectivity index (χ0) is 25.7. The quantitative estimate of drug-likeness (QED) is 0.0594. The van der Waals surface area contributed by atoms with Gasteiger partial charge in [-0.1, -0.05) is 67.1 Å². The molecule has 11 heteroatoms. The smallest absolute Gasteiger partial charge is 0.162 e. The summed E-state index contributed by atoms with van der Waals surface area (Å²) in [5.74, 6) is 0.0979. The summed E-state index contributed by atoms with van der Waals surface area (Å²) in [6.07, 6.45) is 2.42. The molecule has 2 heterocycles. The van der Waals surface area contributed by atoms with Crippen molar-refractivity contribution in [1.29, 1.82) is 0 Å². The standard InChI is InChI=1S/C14H8N2S6.C12H20O2Si/c1-3-7-11-9(5-1)15-13(17-11)19-21-22-20-14-16-10-6-2-4-8-12(10)18-14;1-13-12(14-2)15-10-6-9-11-7-4-3-5-8-11/h1-8H;3-5,7-8,12H,6,9-10,15H2,1-2H3. The first kappa shape index (κ1) is 29.0. The molecule has 0 fully saturated rings. The fourth-order valence-corrected chi connectivity index (χ4v) is 13.4. The predicted octanol–water partition coefficient (Wildman–Crippen LogP) is 8.78. The van der Waals surface area contributed by atoms with Gasteiger partial charge in [-0.15, -0.1) is 22.7 Å². The first-order valence-corrected chi connectivity index (χ1v) is 20.0. The van der Waals surface area contributed by atoms with E-state index in [0.717, 1.165) is 19.7 Å². The lowest BCUT2D eigenvalue weighted by Crippen LogP contribution is -2.21. The number of fused-ring (bicyclic) bond motifs is 2. The van der Waals surface area contributed by atoms with E-state index in [1.807, 2.05) is 12.1 Å². The van der Waals surface area contributed by atoms with E-state index in [-0.39, 0.29) is 15.4 Å². The van der Waals surface area contributed by atoms with Crippen LogP contribution in [0.4, 0.5) is 0 Å². The Morgan fingerprint density at radius 3 is 1.76 bits per heavy atom. The Balaban J connectivity index is 0.000000188. The van der Waals surface area contributed by atoms with E-state index in [1.54, 1.807) is 78.1 Å². The van der Waals surface area contributed by atoms with E-state index in [1.165, 1.54) is 33.8 Å². The zero-order valence-corrected chi connectivity index (χ0v) is 26.9. The first-order valence-electron chi connectivity index (χ1n) is 11.7. The molecule has 0 spiro atoms. The highest BCUT2D eigenvalue weighted by molar-refractivity contribution is 9.26. The maximum absolute atomic E-state index is 5.19. The molecule has 0 unspecified atom stereocenters. The molecule has 0 radical (unpaired) electrons. The van der Waals surface area contributed by atoms with Crippen LogP contribution in [0.2, 0.25) is 6.04 Å². The Bertz CT molecular complexity index is 1200. The third-order valence-corrected chi connectivity index (χ3v) is 16.1. The molecule has 0 N–H and O–H groups in total. The largest absolute Gasteiger partial charge is 0.360 e. The van der Waals surface area contributed by atoms with Gasteiger partial charge in [0.15, 0.2) is 8.68 Å². The molecule has 3 aromatic carbocycles. The summed E-state index contributed by atoms with van der Waals surface area (Å²) < 4.78 is 15.1. The van der Waals surface area contributed by atoms with Gasteiger partial charge in [-0.05, 0) is 77.5 Å². The lowest BCUT2D eigenvalue weighted by Gasteiger charge is -2.12. The van der Waals surface area contributed by atoms with Crippen LogP contribution < -0.4 is 0 Å². The number of methoxy groups -OCH3 is 2. The fraction of sp³-hybridized carbons (Fsp3) is 0.231. The number of ether oxygens (including phenoxy) is 2. The number of para-hydroxylation sites is 2. The van der Waals surface area contributed by atoms with Crippen molar-refractivity contribution in [3.8, 4) is 0 Å². The molecule has 0 bridgehead atoms. The molecule has 0 saturated carbocycles. The molecule has 0 amide bonds. The summed E-state index contributed by atoms with van der Waals surface area (Å²) in [4.78, 5) is 9.23. The van der Waals surface area contributed by atoms with Gasteiger partial charge in [-0.25, -0.2) is 9.97 Å². The van der Waals surface area contributed by atoms with Gasteiger partial charge in [0.25, 0.3) is 0 Å². The van der Waals surface area contributed by atoms with Crippen LogP contribution >= 0.6 is 63.9 Å². The highest BCUT2D eigenvalue weighted by Crippen LogP contribution is 2.51. The summed E-state index contributed by atoms with van der Waals surface area (Å²) in [7, 11) is 10.1. The topological polar surface area (TPSA) is 44.2 Å². The van der Waals surface area contributed by atoms with Crippen molar-refractivity contribution in [1.82, 2.24) is 9.97 Å². The molecule has 194 valence electrons. The molecule has 2 aromatic heterocycles. The fourth-order valence-electron chi connectivity index (χ4n) is 3.48. The van der Waals surface area contributed by atoms with Crippen molar-refractivity contribution in [2.75, 3.05) is 14.2 Å². The second-order valence-electron chi connectivity index (χ2n) is 7.83. The predicted molar refractivity (Wildman–Crippen MR) is 172 cm³/mol.